The smallest absolute Gasteiger partial charge is 0.130 e. The second-order valence-corrected chi connectivity index (χ2v) is 6.76. The summed E-state index contributed by atoms with van der Waals surface area (Å²) in [6.45, 7) is 1.94. The van der Waals surface area contributed by atoms with E-state index < -0.39 is 0 Å². The van der Waals surface area contributed by atoms with Crippen LogP contribution < -0.4 is 5.32 Å². The van der Waals surface area contributed by atoms with Crippen molar-refractivity contribution in [1.82, 2.24) is 9.97 Å². The van der Waals surface area contributed by atoms with Crippen LogP contribution in [0.4, 0.5) is 5.82 Å². The molecule has 0 saturated heterocycles. The summed E-state index contributed by atoms with van der Waals surface area (Å²) in [4.78, 5) is 9.15. The number of aromatic nitrogens is 2. The highest BCUT2D eigenvalue weighted by molar-refractivity contribution is 5.69. The Morgan fingerprint density at radius 3 is 2.65 bits per heavy atom. The molecule has 1 aliphatic rings. The molecule has 1 aliphatic carbocycles. The molecule has 0 radical (unpaired) electrons. The van der Waals surface area contributed by atoms with Gasteiger partial charge >= 0.3 is 0 Å². The molecule has 1 atom stereocenters. The van der Waals surface area contributed by atoms with Crippen molar-refractivity contribution >= 4 is 18.0 Å². The van der Waals surface area contributed by atoms with Gasteiger partial charge in [0.15, 0.2) is 0 Å². The Hall–Kier alpha value is -2.94. The summed E-state index contributed by atoms with van der Waals surface area (Å²) in [5.41, 5.74) is 4.94. The second kappa shape index (κ2) is 7.52. The van der Waals surface area contributed by atoms with E-state index in [1.807, 2.05) is 37.3 Å². The standard InChI is InChI=1S/C23H23N3/c1-17-24-20(15-14-18-8-3-2-4-9-18)16-23(25-17)26-22-13-7-11-19-10-5-6-12-21(19)22/h2-6,8-10,12,14-16,22H,7,11,13H2,1H3,(H,24,25,26)/b15-14+/t22-/m1/s1. The molecular weight excluding hydrogens is 318 g/mol. The summed E-state index contributed by atoms with van der Waals surface area (Å²) in [5, 5.41) is 3.63. The molecule has 0 bridgehead atoms. The Balaban J connectivity index is 1.57. The van der Waals surface area contributed by atoms with Crippen molar-refractivity contribution in [2.45, 2.75) is 32.2 Å². The molecule has 3 aromatic rings. The molecule has 0 amide bonds. The Kier molecular flexibility index (Phi) is 4.78. The van der Waals surface area contributed by atoms with Crippen LogP contribution in [0, 0.1) is 6.92 Å². The lowest BCUT2D eigenvalue weighted by Gasteiger charge is -2.26. The first-order valence-corrected chi connectivity index (χ1v) is 9.21. The lowest BCUT2D eigenvalue weighted by atomic mass is 9.88. The molecule has 130 valence electrons. The molecule has 1 N–H and O–H groups in total. The molecule has 4 rings (SSSR count). The fraction of sp³-hybridized carbons (Fsp3) is 0.217. The zero-order valence-electron chi connectivity index (χ0n) is 15.0. The van der Waals surface area contributed by atoms with Crippen molar-refractivity contribution in [2.75, 3.05) is 5.32 Å². The van der Waals surface area contributed by atoms with E-state index in [1.165, 1.54) is 29.5 Å². The first-order chi connectivity index (χ1) is 12.8. The second-order valence-electron chi connectivity index (χ2n) is 6.76. The predicted octanol–water partition coefficient (Wildman–Crippen LogP) is 5.44. The molecule has 2 aromatic carbocycles. The quantitative estimate of drug-likeness (QED) is 0.686. The summed E-state index contributed by atoms with van der Waals surface area (Å²) < 4.78 is 0. The molecule has 0 spiro atoms. The van der Waals surface area contributed by atoms with Gasteiger partial charge in [0.2, 0.25) is 0 Å². The summed E-state index contributed by atoms with van der Waals surface area (Å²) >= 11 is 0. The van der Waals surface area contributed by atoms with Crippen LogP contribution in [0.5, 0.6) is 0 Å². The maximum atomic E-state index is 4.60. The van der Waals surface area contributed by atoms with Gasteiger partial charge in [0.25, 0.3) is 0 Å². The molecule has 26 heavy (non-hydrogen) atoms. The van der Waals surface area contributed by atoms with E-state index in [2.05, 4.69) is 57.8 Å². The van der Waals surface area contributed by atoms with Gasteiger partial charge in [-0.25, -0.2) is 9.97 Å². The van der Waals surface area contributed by atoms with E-state index >= 15 is 0 Å². The van der Waals surface area contributed by atoms with E-state index in [9.17, 15) is 0 Å². The lowest BCUT2D eigenvalue weighted by molar-refractivity contribution is 0.598. The van der Waals surface area contributed by atoms with Crippen LogP contribution in [0.2, 0.25) is 0 Å². The number of nitrogens with zero attached hydrogens (tertiary/aromatic N) is 2. The highest BCUT2D eigenvalue weighted by atomic mass is 15.0. The lowest BCUT2D eigenvalue weighted by Crippen LogP contribution is -2.18. The van der Waals surface area contributed by atoms with Crippen molar-refractivity contribution < 1.29 is 0 Å². The summed E-state index contributed by atoms with van der Waals surface area (Å²) in [6, 6.07) is 21.3. The maximum absolute atomic E-state index is 4.60. The van der Waals surface area contributed by atoms with E-state index in [1.54, 1.807) is 0 Å². The average Bonchev–Trinajstić information content (AvgIpc) is 2.67. The number of fused-ring (bicyclic) bond motifs is 1. The van der Waals surface area contributed by atoms with E-state index in [-0.39, 0.29) is 0 Å². The first kappa shape index (κ1) is 16.5. The van der Waals surface area contributed by atoms with Gasteiger partial charge in [-0.05, 0) is 49.0 Å². The Bertz CT molecular complexity index is 916. The largest absolute Gasteiger partial charge is 0.363 e. The van der Waals surface area contributed by atoms with Crippen LogP contribution in [0.25, 0.3) is 12.2 Å². The summed E-state index contributed by atoms with van der Waals surface area (Å²) in [7, 11) is 0. The molecule has 0 fully saturated rings. The van der Waals surface area contributed by atoms with Crippen molar-refractivity contribution in [3.8, 4) is 0 Å². The van der Waals surface area contributed by atoms with E-state index in [0.717, 1.165) is 23.8 Å². The normalized spacial score (nSPS) is 16.4. The number of benzene rings is 2. The third kappa shape index (κ3) is 3.83. The van der Waals surface area contributed by atoms with Gasteiger partial charge < -0.3 is 5.32 Å². The Morgan fingerprint density at radius 2 is 1.77 bits per heavy atom. The fourth-order valence-electron chi connectivity index (χ4n) is 3.58. The molecule has 3 heteroatoms. The number of nitrogens with one attached hydrogen (secondary N) is 1. The molecular formula is C23H23N3. The highest BCUT2D eigenvalue weighted by Gasteiger charge is 2.20. The van der Waals surface area contributed by atoms with Gasteiger partial charge in [0.1, 0.15) is 11.6 Å². The van der Waals surface area contributed by atoms with Crippen LogP contribution >= 0.6 is 0 Å². The Labute approximate surface area is 154 Å². The van der Waals surface area contributed by atoms with Gasteiger partial charge in [-0.3, -0.25) is 0 Å². The maximum Gasteiger partial charge on any atom is 0.130 e. The van der Waals surface area contributed by atoms with E-state index in [0.29, 0.717) is 6.04 Å². The number of hydrogen-bond acceptors (Lipinski definition) is 3. The van der Waals surface area contributed by atoms with Gasteiger partial charge in [0, 0.05) is 6.07 Å². The SMILES string of the molecule is Cc1nc(/C=C/c2ccccc2)cc(N[C@@H]2CCCc3ccccc32)n1. The minimum atomic E-state index is 0.320. The molecule has 1 aromatic heterocycles. The third-order valence-electron chi connectivity index (χ3n) is 4.80. The topological polar surface area (TPSA) is 37.8 Å². The summed E-state index contributed by atoms with van der Waals surface area (Å²) in [6.07, 6.45) is 7.64. The van der Waals surface area contributed by atoms with Crippen LogP contribution in [0.1, 0.15) is 47.1 Å². The molecule has 3 nitrogen and oxygen atoms in total. The average molecular weight is 341 g/mol. The number of hydrogen-bond donors (Lipinski definition) is 1. The van der Waals surface area contributed by atoms with Crippen molar-refractivity contribution in [3.05, 3.63) is 88.9 Å². The fourth-order valence-corrected chi connectivity index (χ4v) is 3.58. The monoisotopic (exact) mass is 341 g/mol. The number of rotatable bonds is 4. The predicted molar refractivity (Wildman–Crippen MR) is 108 cm³/mol. The zero-order valence-corrected chi connectivity index (χ0v) is 15.0. The minimum Gasteiger partial charge on any atom is -0.363 e. The molecule has 1 heterocycles. The summed E-state index contributed by atoms with van der Waals surface area (Å²) in [5.74, 6) is 1.68. The zero-order chi connectivity index (χ0) is 17.8. The van der Waals surface area contributed by atoms with Crippen LogP contribution in [0.3, 0.4) is 0 Å². The van der Waals surface area contributed by atoms with Crippen molar-refractivity contribution in [1.29, 1.82) is 0 Å². The highest BCUT2D eigenvalue weighted by Crippen LogP contribution is 2.32. The molecule has 0 saturated carbocycles. The molecule has 0 unspecified atom stereocenters. The minimum absolute atomic E-state index is 0.320. The van der Waals surface area contributed by atoms with Gasteiger partial charge in [-0.2, -0.15) is 0 Å². The first-order valence-electron chi connectivity index (χ1n) is 9.21. The van der Waals surface area contributed by atoms with Gasteiger partial charge in [-0.1, -0.05) is 60.7 Å². The number of anilines is 1. The molecule has 0 aliphatic heterocycles. The van der Waals surface area contributed by atoms with E-state index in [4.69, 9.17) is 0 Å². The van der Waals surface area contributed by atoms with Crippen molar-refractivity contribution in [2.24, 2.45) is 0 Å². The van der Waals surface area contributed by atoms with Crippen LogP contribution in [-0.2, 0) is 6.42 Å². The van der Waals surface area contributed by atoms with Crippen LogP contribution in [-0.4, -0.2) is 9.97 Å². The van der Waals surface area contributed by atoms with Crippen LogP contribution in [0.15, 0.2) is 60.7 Å². The Morgan fingerprint density at radius 1 is 0.962 bits per heavy atom. The van der Waals surface area contributed by atoms with Crippen molar-refractivity contribution in [3.63, 3.8) is 0 Å². The van der Waals surface area contributed by atoms with Gasteiger partial charge in [0.05, 0.1) is 11.7 Å². The van der Waals surface area contributed by atoms with Gasteiger partial charge in [-0.15, -0.1) is 0 Å². The third-order valence-corrected chi connectivity index (χ3v) is 4.80. The number of aryl methyl sites for hydroxylation is 2.